The second kappa shape index (κ2) is 10.7. The monoisotopic (exact) mass is 466 g/mol. The Morgan fingerprint density at radius 1 is 0.909 bits per heavy atom. The summed E-state index contributed by atoms with van der Waals surface area (Å²) in [6.07, 6.45) is 3.59. The maximum atomic E-state index is 12.8. The number of anilines is 1. The molecule has 0 aliphatic rings. The van der Waals surface area contributed by atoms with Crippen LogP contribution in [0.25, 0.3) is 0 Å². The molecule has 0 saturated heterocycles. The Morgan fingerprint density at radius 3 is 2.18 bits per heavy atom. The lowest BCUT2D eigenvalue weighted by molar-refractivity contribution is -0.127. The SMILES string of the molecule is CN(C)C(=O)Cc1ccc(CS(=O)(=O)c2ccc(NC(=O)NCc3cccnc3)cc2)cc1. The number of sulfone groups is 1. The molecule has 0 aliphatic heterocycles. The number of hydrogen-bond donors (Lipinski definition) is 2. The smallest absolute Gasteiger partial charge is 0.319 e. The molecule has 0 atom stereocenters. The molecule has 9 heteroatoms. The van der Waals surface area contributed by atoms with Crippen LogP contribution in [0.5, 0.6) is 0 Å². The Kier molecular flexibility index (Phi) is 7.78. The van der Waals surface area contributed by atoms with E-state index >= 15 is 0 Å². The molecule has 8 nitrogen and oxygen atoms in total. The number of pyridine rings is 1. The van der Waals surface area contributed by atoms with Crippen LogP contribution in [0.15, 0.2) is 78.0 Å². The topological polar surface area (TPSA) is 108 Å². The van der Waals surface area contributed by atoms with Gasteiger partial charge in [0.2, 0.25) is 5.91 Å². The summed E-state index contributed by atoms with van der Waals surface area (Å²) in [6, 6.07) is 16.2. The molecule has 3 aromatic rings. The lowest BCUT2D eigenvalue weighted by Gasteiger charge is -2.11. The molecule has 0 fully saturated rings. The number of hydrogen-bond acceptors (Lipinski definition) is 5. The number of amides is 3. The maximum absolute atomic E-state index is 12.8. The van der Waals surface area contributed by atoms with Crippen LogP contribution in [0, 0.1) is 0 Å². The summed E-state index contributed by atoms with van der Waals surface area (Å²) in [5.74, 6) is -0.178. The van der Waals surface area contributed by atoms with Gasteiger partial charge in [-0.1, -0.05) is 30.3 Å². The second-order valence-electron chi connectivity index (χ2n) is 7.73. The van der Waals surface area contributed by atoms with Crippen LogP contribution in [0.3, 0.4) is 0 Å². The van der Waals surface area contributed by atoms with Crippen molar-refractivity contribution in [3.05, 3.63) is 89.7 Å². The summed E-state index contributed by atoms with van der Waals surface area (Å²) in [4.78, 5) is 29.5. The maximum Gasteiger partial charge on any atom is 0.319 e. The van der Waals surface area contributed by atoms with Crippen LogP contribution in [-0.4, -0.2) is 44.3 Å². The fraction of sp³-hybridized carbons (Fsp3) is 0.208. The number of aromatic nitrogens is 1. The number of carbonyl (C=O) groups excluding carboxylic acids is 2. The minimum Gasteiger partial charge on any atom is -0.349 e. The Hall–Kier alpha value is -3.72. The molecular weight excluding hydrogens is 440 g/mol. The van der Waals surface area contributed by atoms with Gasteiger partial charge < -0.3 is 15.5 Å². The quantitative estimate of drug-likeness (QED) is 0.531. The molecule has 1 aromatic heterocycles. The predicted molar refractivity (Wildman–Crippen MR) is 126 cm³/mol. The molecule has 2 N–H and O–H groups in total. The molecule has 2 aromatic carbocycles. The summed E-state index contributed by atoms with van der Waals surface area (Å²) in [7, 11) is -0.178. The van der Waals surface area contributed by atoms with Gasteiger partial charge in [-0.05, 0) is 47.0 Å². The zero-order chi connectivity index (χ0) is 23.8. The van der Waals surface area contributed by atoms with Gasteiger partial charge in [0.1, 0.15) is 0 Å². The molecule has 3 rings (SSSR count). The first kappa shape index (κ1) is 23.9. The highest BCUT2D eigenvalue weighted by atomic mass is 32.2. The molecule has 33 heavy (non-hydrogen) atoms. The molecule has 1 heterocycles. The first-order valence-electron chi connectivity index (χ1n) is 10.3. The summed E-state index contributed by atoms with van der Waals surface area (Å²) >= 11 is 0. The van der Waals surface area contributed by atoms with Crippen LogP contribution in [0.1, 0.15) is 16.7 Å². The van der Waals surface area contributed by atoms with Crippen molar-refractivity contribution in [3.8, 4) is 0 Å². The van der Waals surface area contributed by atoms with E-state index in [0.717, 1.165) is 11.1 Å². The molecule has 0 unspecified atom stereocenters. The molecule has 0 aliphatic carbocycles. The molecule has 172 valence electrons. The van der Waals surface area contributed by atoms with Gasteiger partial charge in [-0.15, -0.1) is 0 Å². The van der Waals surface area contributed by atoms with Gasteiger partial charge in [0.15, 0.2) is 9.84 Å². The van der Waals surface area contributed by atoms with Crippen molar-refractivity contribution < 1.29 is 18.0 Å². The minimum atomic E-state index is -3.56. The van der Waals surface area contributed by atoms with Gasteiger partial charge in [0.05, 0.1) is 17.1 Å². The fourth-order valence-corrected chi connectivity index (χ4v) is 4.34. The zero-order valence-corrected chi connectivity index (χ0v) is 19.3. The first-order chi connectivity index (χ1) is 15.7. The fourth-order valence-electron chi connectivity index (χ4n) is 2.99. The highest BCUT2D eigenvalue weighted by Gasteiger charge is 2.16. The molecular formula is C24H26N4O4S. The van der Waals surface area contributed by atoms with E-state index in [0.29, 0.717) is 17.8 Å². The van der Waals surface area contributed by atoms with Crippen molar-refractivity contribution in [1.82, 2.24) is 15.2 Å². The van der Waals surface area contributed by atoms with Gasteiger partial charge in [0, 0.05) is 38.7 Å². The summed E-state index contributed by atoms with van der Waals surface area (Å²) in [5, 5.41) is 5.39. The first-order valence-corrected chi connectivity index (χ1v) is 11.9. The Labute approximate surface area is 193 Å². The van der Waals surface area contributed by atoms with E-state index in [1.54, 1.807) is 69.0 Å². The Bertz CT molecular complexity index is 1190. The lowest BCUT2D eigenvalue weighted by atomic mass is 10.1. The third kappa shape index (κ3) is 7.15. The number of likely N-dealkylation sites (N-methyl/N-ethyl adjacent to an activating group) is 1. The van der Waals surface area contributed by atoms with Gasteiger partial charge in [-0.2, -0.15) is 0 Å². The van der Waals surface area contributed by atoms with Crippen LogP contribution < -0.4 is 10.6 Å². The van der Waals surface area contributed by atoms with E-state index in [-0.39, 0.29) is 23.0 Å². The third-order valence-corrected chi connectivity index (χ3v) is 6.58. The standard InChI is InChI=1S/C24H26N4O4S/c1-28(2)23(29)14-18-5-7-19(8-6-18)17-33(31,32)22-11-9-21(10-12-22)27-24(30)26-16-20-4-3-13-25-15-20/h3-13,15H,14,16-17H2,1-2H3,(H2,26,27,30). The number of nitrogens with zero attached hydrogens (tertiary/aromatic N) is 2. The number of nitrogens with one attached hydrogen (secondary N) is 2. The van der Waals surface area contributed by atoms with E-state index < -0.39 is 15.9 Å². The van der Waals surface area contributed by atoms with Crippen LogP contribution in [0.2, 0.25) is 0 Å². The van der Waals surface area contributed by atoms with E-state index in [1.807, 2.05) is 6.07 Å². The van der Waals surface area contributed by atoms with Crippen molar-refractivity contribution in [2.75, 3.05) is 19.4 Å². The second-order valence-corrected chi connectivity index (χ2v) is 9.72. The predicted octanol–water partition coefficient (Wildman–Crippen LogP) is 3.01. The van der Waals surface area contributed by atoms with E-state index in [9.17, 15) is 18.0 Å². The average molecular weight is 467 g/mol. The minimum absolute atomic E-state index is 0.0187. The van der Waals surface area contributed by atoms with E-state index in [4.69, 9.17) is 0 Å². The largest absolute Gasteiger partial charge is 0.349 e. The average Bonchev–Trinajstić information content (AvgIpc) is 2.80. The van der Waals surface area contributed by atoms with Crippen molar-refractivity contribution >= 4 is 27.5 Å². The van der Waals surface area contributed by atoms with Gasteiger partial charge in [-0.25, -0.2) is 13.2 Å². The highest BCUT2D eigenvalue weighted by molar-refractivity contribution is 7.90. The van der Waals surface area contributed by atoms with Gasteiger partial charge in [-0.3, -0.25) is 9.78 Å². The number of rotatable bonds is 8. The van der Waals surface area contributed by atoms with E-state index in [1.165, 1.54) is 17.0 Å². The third-order valence-electron chi connectivity index (χ3n) is 4.88. The van der Waals surface area contributed by atoms with Gasteiger partial charge >= 0.3 is 6.03 Å². The summed E-state index contributed by atoms with van der Waals surface area (Å²) in [6.45, 7) is 0.328. The van der Waals surface area contributed by atoms with Gasteiger partial charge in [0.25, 0.3) is 0 Å². The Morgan fingerprint density at radius 2 is 1.58 bits per heavy atom. The Balaban J connectivity index is 1.56. The molecule has 3 amide bonds. The number of benzene rings is 2. The zero-order valence-electron chi connectivity index (χ0n) is 18.5. The van der Waals surface area contributed by atoms with Crippen molar-refractivity contribution in [1.29, 1.82) is 0 Å². The number of urea groups is 1. The lowest BCUT2D eigenvalue weighted by Crippen LogP contribution is -2.28. The molecule has 0 saturated carbocycles. The van der Waals surface area contributed by atoms with Crippen LogP contribution in [-0.2, 0) is 33.4 Å². The highest BCUT2D eigenvalue weighted by Crippen LogP contribution is 2.19. The van der Waals surface area contributed by atoms with Crippen molar-refractivity contribution in [3.63, 3.8) is 0 Å². The van der Waals surface area contributed by atoms with Crippen LogP contribution in [0.4, 0.5) is 10.5 Å². The normalized spacial score (nSPS) is 11.0. The van der Waals surface area contributed by atoms with Crippen molar-refractivity contribution in [2.45, 2.75) is 23.6 Å². The van der Waals surface area contributed by atoms with Crippen molar-refractivity contribution in [2.24, 2.45) is 0 Å². The summed E-state index contributed by atoms with van der Waals surface area (Å²) in [5.41, 5.74) is 2.80. The molecule has 0 radical (unpaired) electrons. The van der Waals surface area contributed by atoms with E-state index in [2.05, 4.69) is 15.6 Å². The molecule has 0 bridgehead atoms. The summed E-state index contributed by atoms with van der Waals surface area (Å²) < 4.78 is 25.6. The number of carbonyl (C=O) groups is 2. The van der Waals surface area contributed by atoms with Crippen LogP contribution >= 0.6 is 0 Å². The molecule has 0 spiro atoms.